The molecule has 0 bridgehead atoms. The maximum Gasteiger partial charge on any atom is 0.322 e. The molecule has 3 unspecified atom stereocenters. The molecule has 0 spiro atoms. The Kier molecular flexibility index (Phi) is 12.3. The van der Waals surface area contributed by atoms with Crippen LogP contribution in [0, 0.1) is 0 Å². The number of carbonyl (C=O) groups excluding carboxylic acids is 3. The van der Waals surface area contributed by atoms with Gasteiger partial charge >= 0.3 is 5.97 Å². The topological polar surface area (TPSA) is 215 Å². The lowest BCUT2D eigenvalue weighted by molar-refractivity contribution is -0.138. The molecule has 13 heteroatoms. The zero-order valence-corrected chi connectivity index (χ0v) is 19.0. The van der Waals surface area contributed by atoms with E-state index >= 15 is 0 Å². The summed E-state index contributed by atoms with van der Waals surface area (Å²) >= 11 is 3.98. The Balaban J connectivity index is 2.98. The number of nitrogens with one attached hydrogen (secondary N) is 3. The van der Waals surface area contributed by atoms with Gasteiger partial charge in [0, 0.05) is 18.7 Å². The van der Waals surface area contributed by atoms with Crippen LogP contribution >= 0.6 is 12.6 Å². The predicted molar refractivity (Wildman–Crippen MR) is 126 cm³/mol. The van der Waals surface area contributed by atoms with Gasteiger partial charge in [0.2, 0.25) is 17.7 Å². The summed E-state index contributed by atoms with van der Waals surface area (Å²) in [5.74, 6) is -3.14. The van der Waals surface area contributed by atoms with Crippen molar-refractivity contribution in [3.05, 3.63) is 35.9 Å². The lowest BCUT2D eigenvalue weighted by atomic mass is 10.0. The number of guanidine groups is 1. The zero-order chi connectivity index (χ0) is 24.8. The Bertz CT molecular complexity index is 833. The van der Waals surface area contributed by atoms with Crippen LogP contribution in [0.1, 0.15) is 18.4 Å². The number of benzene rings is 1. The molecule has 1 rings (SSSR count). The summed E-state index contributed by atoms with van der Waals surface area (Å²) in [5, 5.41) is 16.3. The first-order chi connectivity index (χ1) is 15.6. The maximum absolute atomic E-state index is 13.0. The molecule has 0 aliphatic heterocycles. The number of hydrogen-bond acceptors (Lipinski definition) is 7. The number of aliphatic imine (C=N–C) groups is 1. The Morgan fingerprint density at radius 1 is 1.00 bits per heavy atom. The van der Waals surface area contributed by atoms with Gasteiger partial charge < -0.3 is 38.3 Å². The predicted octanol–water partition coefficient (Wildman–Crippen LogP) is -2.29. The number of carboxylic acid groups (broad SMARTS) is 1. The van der Waals surface area contributed by atoms with Crippen LogP contribution in [0.4, 0.5) is 0 Å². The van der Waals surface area contributed by atoms with Crippen LogP contribution in [0.2, 0.25) is 0 Å². The average Bonchev–Trinajstić information content (AvgIpc) is 2.78. The van der Waals surface area contributed by atoms with Gasteiger partial charge in [0.05, 0.1) is 6.04 Å². The molecule has 0 fully saturated rings. The van der Waals surface area contributed by atoms with E-state index in [-0.39, 0.29) is 31.1 Å². The number of amides is 3. The molecule has 3 atom stereocenters. The highest BCUT2D eigenvalue weighted by atomic mass is 32.1. The van der Waals surface area contributed by atoms with Crippen molar-refractivity contribution in [1.29, 1.82) is 0 Å². The monoisotopic (exact) mass is 481 g/mol. The minimum Gasteiger partial charge on any atom is -0.480 e. The van der Waals surface area contributed by atoms with Gasteiger partial charge in [0.15, 0.2) is 5.96 Å². The maximum atomic E-state index is 13.0. The number of hydrogen-bond donors (Lipinski definition) is 8. The highest BCUT2D eigenvalue weighted by molar-refractivity contribution is 7.80. The number of carboxylic acids is 1. The van der Waals surface area contributed by atoms with Crippen LogP contribution in [0.5, 0.6) is 0 Å². The standard InChI is InChI=1S/C20H31N7O5S/c21-13(11-33)17(30)26-14(7-4-8-24-20(22)23)19(32)27-15(18(31)25-10-16(28)29)9-12-5-2-1-3-6-12/h1-3,5-6,13-15,33H,4,7-11,21H2,(H,25,31)(H,26,30)(H,27,32)(H,28,29)(H4,22,23,24). The molecule has 10 N–H and O–H groups in total. The molecule has 0 heterocycles. The van der Waals surface area contributed by atoms with Crippen molar-refractivity contribution < 1.29 is 24.3 Å². The number of carbonyl (C=O) groups is 4. The van der Waals surface area contributed by atoms with E-state index in [9.17, 15) is 19.2 Å². The summed E-state index contributed by atoms with van der Waals surface area (Å²) in [7, 11) is 0. The van der Waals surface area contributed by atoms with Crippen LogP contribution in [-0.4, -0.2) is 71.7 Å². The van der Waals surface area contributed by atoms with Crippen LogP contribution in [0.25, 0.3) is 0 Å². The van der Waals surface area contributed by atoms with Gasteiger partial charge in [-0.2, -0.15) is 12.6 Å². The normalized spacial score (nSPS) is 13.2. The average molecular weight is 482 g/mol. The molecular weight excluding hydrogens is 450 g/mol. The summed E-state index contributed by atoms with van der Waals surface area (Å²) < 4.78 is 0. The quantitative estimate of drug-likeness (QED) is 0.0624. The second kappa shape index (κ2) is 14.7. The first-order valence-electron chi connectivity index (χ1n) is 10.2. The Labute approximate surface area is 197 Å². The van der Waals surface area contributed by atoms with Gasteiger partial charge in [-0.25, -0.2) is 0 Å². The molecule has 0 saturated carbocycles. The van der Waals surface area contributed by atoms with Gasteiger partial charge in [0.25, 0.3) is 0 Å². The van der Waals surface area contributed by atoms with Crippen LogP contribution in [0.3, 0.4) is 0 Å². The van der Waals surface area contributed by atoms with Crippen LogP contribution < -0.4 is 33.2 Å². The molecule has 3 amide bonds. The van der Waals surface area contributed by atoms with Crippen molar-refractivity contribution in [1.82, 2.24) is 16.0 Å². The van der Waals surface area contributed by atoms with Gasteiger partial charge in [-0.3, -0.25) is 24.2 Å². The molecule has 33 heavy (non-hydrogen) atoms. The van der Waals surface area contributed by atoms with E-state index in [4.69, 9.17) is 22.3 Å². The summed E-state index contributed by atoms with van der Waals surface area (Å²) in [6.45, 7) is -0.372. The lowest BCUT2D eigenvalue weighted by Gasteiger charge is -2.24. The third-order valence-electron chi connectivity index (χ3n) is 4.44. The minimum absolute atomic E-state index is 0.0718. The van der Waals surface area contributed by atoms with Gasteiger partial charge in [-0.15, -0.1) is 0 Å². The van der Waals surface area contributed by atoms with Crippen molar-refractivity contribution in [2.75, 3.05) is 18.8 Å². The van der Waals surface area contributed by atoms with Crippen molar-refractivity contribution >= 4 is 42.3 Å². The number of aliphatic carboxylic acids is 1. The highest BCUT2D eigenvalue weighted by Crippen LogP contribution is 2.06. The second-order valence-electron chi connectivity index (χ2n) is 7.16. The van der Waals surface area contributed by atoms with Crippen molar-refractivity contribution in [3.8, 4) is 0 Å². The summed E-state index contributed by atoms with van der Waals surface area (Å²) in [4.78, 5) is 52.5. The van der Waals surface area contributed by atoms with E-state index < -0.39 is 48.4 Å². The van der Waals surface area contributed by atoms with E-state index in [0.29, 0.717) is 6.42 Å². The molecule has 1 aromatic carbocycles. The fourth-order valence-electron chi connectivity index (χ4n) is 2.75. The second-order valence-corrected chi connectivity index (χ2v) is 7.53. The van der Waals surface area contributed by atoms with Crippen molar-refractivity contribution in [2.24, 2.45) is 22.2 Å². The molecular formula is C20H31N7O5S. The van der Waals surface area contributed by atoms with E-state index in [0.717, 1.165) is 5.56 Å². The number of thiol groups is 1. The summed E-state index contributed by atoms with van der Waals surface area (Å²) in [6, 6.07) is 5.85. The molecule has 0 aliphatic rings. The number of rotatable bonds is 14. The van der Waals surface area contributed by atoms with Crippen molar-refractivity contribution in [2.45, 2.75) is 37.4 Å². The summed E-state index contributed by atoms with van der Waals surface area (Å²) in [5.41, 5.74) is 17.0. The Morgan fingerprint density at radius 3 is 2.21 bits per heavy atom. The first kappa shape index (κ1) is 27.7. The largest absolute Gasteiger partial charge is 0.480 e. The SMILES string of the molecule is NC(N)=NCCCC(NC(=O)C(N)CS)C(=O)NC(Cc1ccccc1)C(=O)NCC(=O)O. The molecule has 1 aromatic rings. The highest BCUT2D eigenvalue weighted by Gasteiger charge is 2.28. The van der Waals surface area contributed by atoms with Gasteiger partial charge in [0.1, 0.15) is 18.6 Å². The fraction of sp³-hybridized carbons (Fsp3) is 0.450. The van der Waals surface area contributed by atoms with E-state index in [1.807, 2.05) is 0 Å². The van der Waals surface area contributed by atoms with Crippen LogP contribution in [-0.2, 0) is 25.6 Å². The molecule has 0 aromatic heterocycles. The Morgan fingerprint density at radius 2 is 1.64 bits per heavy atom. The minimum atomic E-state index is -1.22. The fourth-order valence-corrected chi connectivity index (χ4v) is 2.92. The van der Waals surface area contributed by atoms with E-state index in [1.165, 1.54) is 0 Å². The van der Waals surface area contributed by atoms with E-state index in [1.54, 1.807) is 30.3 Å². The molecule has 0 saturated heterocycles. The molecule has 182 valence electrons. The zero-order valence-electron chi connectivity index (χ0n) is 18.1. The third-order valence-corrected chi connectivity index (χ3v) is 4.83. The van der Waals surface area contributed by atoms with Gasteiger partial charge in [-0.1, -0.05) is 30.3 Å². The number of nitrogens with zero attached hydrogens (tertiary/aromatic N) is 1. The molecule has 0 aliphatic carbocycles. The summed E-state index contributed by atoms with van der Waals surface area (Å²) in [6.07, 6.45) is 0.645. The third kappa shape index (κ3) is 11.2. The van der Waals surface area contributed by atoms with E-state index in [2.05, 4.69) is 33.6 Å². The first-order valence-corrected chi connectivity index (χ1v) is 10.8. The lowest BCUT2D eigenvalue weighted by Crippen LogP contribution is -2.56. The number of nitrogens with two attached hydrogens (primary N) is 3. The van der Waals surface area contributed by atoms with Gasteiger partial charge in [-0.05, 0) is 18.4 Å². The molecule has 12 nitrogen and oxygen atoms in total. The smallest absolute Gasteiger partial charge is 0.322 e. The molecule has 0 radical (unpaired) electrons. The van der Waals surface area contributed by atoms with Crippen LogP contribution in [0.15, 0.2) is 35.3 Å². The van der Waals surface area contributed by atoms with Crippen molar-refractivity contribution in [3.63, 3.8) is 0 Å². The Hall–Kier alpha value is -3.32.